The van der Waals surface area contributed by atoms with Crippen molar-refractivity contribution in [3.05, 3.63) is 24.3 Å². The second-order valence-corrected chi connectivity index (χ2v) is 24.9. The number of ether oxygens (including phenoxy) is 3. The van der Waals surface area contributed by atoms with Crippen LogP contribution in [0.2, 0.25) is 0 Å². The van der Waals surface area contributed by atoms with E-state index in [4.69, 9.17) is 14.2 Å². The van der Waals surface area contributed by atoms with Gasteiger partial charge in [-0.3, -0.25) is 9.59 Å². The van der Waals surface area contributed by atoms with Gasteiger partial charge in [0.2, 0.25) is 5.91 Å². The molecule has 1 aliphatic heterocycles. The summed E-state index contributed by atoms with van der Waals surface area (Å²) in [6, 6.07) is -0.810. The maximum atomic E-state index is 13.0. The lowest BCUT2D eigenvalue weighted by Crippen LogP contribution is -2.60. The Morgan fingerprint density at radius 3 is 1.17 bits per heavy atom. The highest BCUT2D eigenvalue weighted by molar-refractivity contribution is 5.76. The summed E-state index contributed by atoms with van der Waals surface area (Å²) in [6.07, 6.45) is 66.1. The molecule has 1 fully saturated rings. The van der Waals surface area contributed by atoms with Crippen LogP contribution in [0.1, 0.15) is 354 Å². The average Bonchev–Trinajstić information content (AvgIpc) is 3.48. The van der Waals surface area contributed by atoms with E-state index in [0.29, 0.717) is 19.4 Å². The quantitative estimate of drug-likeness (QED) is 0.0195. The molecule has 82 heavy (non-hydrogen) atoms. The van der Waals surface area contributed by atoms with Crippen LogP contribution in [0.4, 0.5) is 0 Å². The van der Waals surface area contributed by atoms with Crippen molar-refractivity contribution < 1.29 is 49.3 Å². The van der Waals surface area contributed by atoms with Gasteiger partial charge in [-0.15, -0.1) is 0 Å². The van der Waals surface area contributed by atoms with Crippen LogP contribution in [0.3, 0.4) is 0 Å². The van der Waals surface area contributed by atoms with E-state index in [9.17, 15) is 35.1 Å². The second kappa shape index (κ2) is 60.8. The number of carbonyl (C=O) groups is 2. The van der Waals surface area contributed by atoms with Crippen LogP contribution in [0.25, 0.3) is 0 Å². The van der Waals surface area contributed by atoms with Gasteiger partial charge in [0.25, 0.3) is 0 Å². The topological polar surface area (TPSA) is 175 Å². The molecule has 7 unspecified atom stereocenters. The minimum Gasteiger partial charge on any atom is -0.466 e. The van der Waals surface area contributed by atoms with Gasteiger partial charge >= 0.3 is 5.97 Å². The number of carbonyl (C=O) groups excluding carboxylic acids is 2. The van der Waals surface area contributed by atoms with E-state index in [0.717, 1.165) is 57.8 Å². The molecule has 11 heteroatoms. The molecule has 11 nitrogen and oxygen atoms in total. The number of allylic oxidation sites excluding steroid dienone is 3. The van der Waals surface area contributed by atoms with E-state index in [-0.39, 0.29) is 18.5 Å². The molecule has 0 bridgehead atoms. The van der Waals surface area contributed by atoms with Crippen molar-refractivity contribution in [3.8, 4) is 0 Å². The van der Waals surface area contributed by atoms with Gasteiger partial charge < -0.3 is 45.1 Å². The summed E-state index contributed by atoms with van der Waals surface area (Å²) in [7, 11) is 0. The molecule has 6 N–H and O–H groups in total. The van der Waals surface area contributed by atoms with E-state index in [2.05, 4.69) is 31.3 Å². The van der Waals surface area contributed by atoms with Crippen LogP contribution in [-0.4, -0.2) is 100 Å². The Labute approximate surface area is 505 Å². The summed E-state index contributed by atoms with van der Waals surface area (Å²) < 4.78 is 16.7. The fraction of sp³-hybridized carbons (Fsp3) is 0.915. The Bertz CT molecular complexity index is 1410. The van der Waals surface area contributed by atoms with Gasteiger partial charge in [-0.1, -0.05) is 308 Å². The first-order chi connectivity index (χ1) is 40.2. The minimum atomic E-state index is -1.57. The van der Waals surface area contributed by atoms with Crippen molar-refractivity contribution in [1.29, 1.82) is 0 Å². The molecule has 1 aliphatic rings. The van der Waals surface area contributed by atoms with Crippen LogP contribution in [-0.2, 0) is 23.8 Å². The lowest BCUT2D eigenvalue weighted by molar-refractivity contribution is -0.302. The zero-order valence-corrected chi connectivity index (χ0v) is 53.7. The highest BCUT2D eigenvalue weighted by Crippen LogP contribution is 2.23. The molecule has 1 heterocycles. The number of rotatable bonds is 63. The normalized spacial score (nSPS) is 18.3. The van der Waals surface area contributed by atoms with E-state index in [1.165, 1.54) is 270 Å². The Balaban J connectivity index is 1.91. The number of nitrogens with one attached hydrogen (secondary N) is 1. The van der Waals surface area contributed by atoms with Crippen molar-refractivity contribution in [2.75, 3.05) is 19.8 Å². The number of hydrogen-bond acceptors (Lipinski definition) is 10. The zero-order chi connectivity index (χ0) is 59.5. The number of amides is 1. The maximum absolute atomic E-state index is 13.0. The third-order valence-corrected chi connectivity index (χ3v) is 17.1. The lowest BCUT2D eigenvalue weighted by atomic mass is 9.99. The number of hydrogen-bond donors (Lipinski definition) is 6. The standard InChI is InChI=1S/C71H135NO10/c1-3-5-7-9-11-13-14-15-16-17-26-30-33-36-39-43-47-51-55-59-67(76)80-60-56-52-48-44-40-37-34-31-28-25-23-21-19-18-20-22-24-27-29-32-35-38-42-46-50-54-58-66(75)72-63(64(74)57-53-49-45-41-12-10-8-6-4-2)62-81-71-70(79)69(78)68(77)65(61-73)82-71/h18,20,53,57,63-65,68-71,73-74,77-79H,3-17,19,21-52,54-56,58-62H2,1-2H3,(H,72,75)/b20-18-,57-53+. The summed E-state index contributed by atoms with van der Waals surface area (Å²) in [5, 5.41) is 54.3. The predicted molar refractivity (Wildman–Crippen MR) is 343 cm³/mol. The second-order valence-electron chi connectivity index (χ2n) is 24.9. The van der Waals surface area contributed by atoms with Crippen LogP contribution >= 0.6 is 0 Å². The Kier molecular flexibility index (Phi) is 58.0. The first kappa shape index (κ1) is 78.2. The maximum Gasteiger partial charge on any atom is 0.305 e. The minimum absolute atomic E-state index is 0.00963. The molecule has 7 atom stereocenters. The Hall–Kier alpha value is -1.86. The molecule has 0 aromatic rings. The number of esters is 1. The average molecular weight is 1160 g/mol. The summed E-state index contributed by atoms with van der Waals surface area (Å²) in [5.74, 6) is -0.175. The van der Waals surface area contributed by atoms with Gasteiger partial charge in [0, 0.05) is 12.8 Å². The van der Waals surface area contributed by atoms with Crippen molar-refractivity contribution in [2.24, 2.45) is 0 Å². The molecule has 0 aromatic carbocycles. The number of unbranched alkanes of at least 4 members (excludes halogenated alkanes) is 47. The van der Waals surface area contributed by atoms with E-state index in [1.807, 2.05) is 6.08 Å². The molecular formula is C71H135NO10. The van der Waals surface area contributed by atoms with Crippen molar-refractivity contribution in [3.63, 3.8) is 0 Å². The third-order valence-electron chi connectivity index (χ3n) is 17.1. The smallest absolute Gasteiger partial charge is 0.305 e. The van der Waals surface area contributed by atoms with E-state index < -0.39 is 49.5 Å². The molecule has 0 aliphatic carbocycles. The summed E-state index contributed by atoms with van der Waals surface area (Å²) >= 11 is 0. The van der Waals surface area contributed by atoms with Gasteiger partial charge in [0.1, 0.15) is 24.4 Å². The van der Waals surface area contributed by atoms with Crippen molar-refractivity contribution in [1.82, 2.24) is 5.32 Å². The highest BCUT2D eigenvalue weighted by Gasteiger charge is 2.44. The van der Waals surface area contributed by atoms with E-state index >= 15 is 0 Å². The van der Waals surface area contributed by atoms with Crippen LogP contribution in [0, 0.1) is 0 Å². The molecule has 1 saturated heterocycles. The van der Waals surface area contributed by atoms with Gasteiger partial charge in [0.15, 0.2) is 6.29 Å². The van der Waals surface area contributed by atoms with Crippen molar-refractivity contribution >= 4 is 11.9 Å². The Morgan fingerprint density at radius 2 is 0.780 bits per heavy atom. The zero-order valence-electron chi connectivity index (χ0n) is 53.7. The van der Waals surface area contributed by atoms with Crippen LogP contribution < -0.4 is 5.32 Å². The van der Waals surface area contributed by atoms with E-state index in [1.54, 1.807) is 6.08 Å². The van der Waals surface area contributed by atoms with Gasteiger partial charge in [-0.25, -0.2) is 0 Å². The lowest BCUT2D eigenvalue weighted by Gasteiger charge is -2.40. The van der Waals surface area contributed by atoms with Crippen LogP contribution in [0.5, 0.6) is 0 Å². The van der Waals surface area contributed by atoms with Crippen LogP contribution in [0.15, 0.2) is 24.3 Å². The van der Waals surface area contributed by atoms with Crippen molar-refractivity contribution in [2.45, 2.75) is 397 Å². The summed E-state index contributed by atoms with van der Waals surface area (Å²) in [5.41, 5.74) is 0. The molecule has 0 saturated carbocycles. The SMILES string of the molecule is CCCCCCCCC/C=C/C(O)C(COC1OC(CO)C(O)C(O)C1O)NC(=O)CCCCCCCCCCCC/C=C\CCCCCCCCCCCCCCOC(=O)CCCCCCCCCCCCCCCCCCCCC. The molecular weight excluding hydrogens is 1030 g/mol. The molecule has 0 radical (unpaired) electrons. The predicted octanol–water partition coefficient (Wildman–Crippen LogP) is 18.0. The summed E-state index contributed by atoms with van der Waals surface area (Å²) in [4.78, 5) is 25.1. The Morgan fingerprint density at radius 1 is 0.439 bits per heavy atom. The molecule has 1 rings (SSSR count). The third kappa shape index (κ3) is 49.3. The van der Waals surface area contributed by atoms with Gasteiger partial charge in [0.05, 0.1) is 32.0 Å². The fourth-order valence-corrected chi connectivity index (χ4v) is 11.4. The highest BCUT2D eigenvalue weighted by atomic mass is 16.7. The first-order valence-electron chi connectivity index (χ1n) is 35.6. The summed E-state index contributed by atoms with van der Waals surface area (Å²) in [6.45, 7) is 4.35. The fourth-order valence-electron chi connectivity index (χ4n) is 11.4. The number of aliphatic hydroxyl groups is 5. The monoisotopic (exact) mass is 1160 g/mol. The van der Waals surface area contributed by atoms with Gasteiger partial charge in [-0.2, -0.15) is 0 Å². The van der Waals surface area contributed by atoms with Gasteiger partial charge in [-0.05, 0) is 57.8 Å². The number of aliphatic hydroxyl groups excluding tert-OH is 5. The largest absolute Gasteiger partial charge is 0.466 e. The first-order valence-corrected chi connectivity index (χ1v) is 35.6. The molecule has 484 valence electrons. The molecule has 1 amide bonds. The molecule has 0 spiro atoms. The molecule has 0 aromatic heterocycles.